The number of hydrogen-bond donors (Lipinski definition) is 0. The van der Waals surface area contributed by atoms with Crippen molar-refractivity contribution in [2.24, 2.45) is 11.8 Å². The number of hydrogen-bond acceptors (Lipinski definition) is 2. The zero-order valence-electron chi connectivity index (χ0n) is 8.54. The van der Waals surface area contributed by atoms with Crippen LogP contribution in [0, 0.1) is 11.8 Å². The van der Waals surface area contributed by atoms with Crippen molar-refractivity contribution in [3.8, 4) is 0 Å². The molecular weight excluding hydrogens is 168 g/mol. The number of ether oxygens (including phenoxy) is 1. The van der Waals surface area contributed by atoms with E-state index in [2.05, 4.69) is 39.5 Å². The van der Waals surface area contributed by atoms with Gasteiger partial charge in [0.15, 0.2) is 0 Å². The first-order valence-corrected chi connectivity index (χ1v) is 5.91. The Morgan fingerprint density at radius 1 is 1.17 bits per heavy atom. The SMILES string of the molecule is CC(C)C1OCCSC1C(C)C. The molecule has 0 aromatic carbocycles. The molecule has 0 aromatic heterocycles. The summed E-state index contributed by atoms with van der Waals surface area (Å²) in [6, 6.07) is 0. The Labute approximate surface area is 80.3 Å². The van der Waals surface area contributed by atoms with E-state index in [0.29, 0.717) is 17.3 Å². The maximum absolute atomic E-state index is 5.79. The summed E-state index contributed by atoms with van der Waals surface area (Å²) in [6.07, 6.45) is 0.476. The van der Waals surface area contributed by atoms with Crippen LogP contribution in [-0.4, -0.2) is 23.7 Å². The Hall–Kier alpha value is 0.310. The minimum atomic E-state index is 0.476. The van der Waals surface area contributed by atoms with Gasteiger partial charge in [0, 0.05) is 11.0 Å². The Morgan fingerprint density at radius 2 is 1.83 bits per heavy atom. The molecule has 1 aliphatic heterocycles. The van der Waals surface area contributed by atoms with Gasteiger partial charge in [-0.05, 0) is 11.8 Å². The molecule has 0 saturated carbocycles. The standard InChI is InChI=1S/C10H20OS/c1-7(2)9-10(8(3)4)12-6-5-11-9/h7-10H,5-6H2,1-4H3. The van der Waals surface area contributed by atoms with E-state index in [0.717, 1.165) is 12.5 Å². The van der Waals surface area contributed by atoms with Crippen LogP contribution < -0.4 is 0 Å². The summed E-state index contributed by atoms with van der Waals surface area (Å²) in [5, 5.41) is 0.707. The summed E-state index contributed by atoms with van der Waals surface area (Å²) in [6.45, 7) is 10.0. The fourth-order valence-corrected chi connectivity index (χ4v) is 3.13. The van der Waals surface area contributed by atoms with E-state index in [1.54, 1.807) is 0 Å². The topological polar surface area (TPSA) is 9.23 Å². The van der Waals surface area contributed by atoms with Gasteiger partial charge in [-0.1, -0.05) is 27.7 Å². The lowest BCUT2D eigenvalue weighted by Gasteiger charge is -2.36. The molecule has 2 heteroatoms. The Kier molecular flexibility index (Phi) is 3.91. The third-order valence-corrected chi connectivity index (χ3v) is 3.94. The molecule has 2 atom stereocenters. The van der Waals surface area contributed by atoms with Gasteiger partial charge in [0.25, 0.3) is 0 Å². The van der Waals surface area contributed by atoms with Gasteiger partial charge >= 0.3 is 0 Å². The lowest BCUT2D eigenvalue weighted by molar-refractivity contribution is 0.0161. The normalized spacial score (nSPS) is 31.5. The molecule has 0 bridgehead atoms. The molecule has 1 saturated heterocycles. The molecule has 12 heavy (non-hydrogen) atoms. The van der Waals surface area contributed by atoms with Gasteiger partial charge in [0.1, 0.15) is 0 Å². The molecule has 1 aliphatic rings. The molecule has 0 aliphatic carbocycles. The van der Waals surface area contributed by atoms with Gasteiger partial charge in [0.05, 0.1) is 12.7 Å². The fraction of sp³-hybridized carbons (Fsp3) is 1.00. The molecule has 0 radical (unpaired) electrons. The minimum absolute atomic E-state index is 0.476. The van der Waals surface area contributed by atoms with Crippen molar-refractivity contribution in [1.82, 2.24) is 0 Å². The van der Waals surface area contributed by atoms with Crippen molar-refractivity contribution in [2.45, 2.75) is 39.0 Å². The quantitative estimate of drug-likeness (QED) is 0.659. The summed E-state index contributed by atoms with van der Waals surface area (Å²) in [7, 11) is 0. The molecule has 0 N–H and O–H groups in total. The summed E-state index contributed by atoms with van der Waals surface area (Å²) < 4.78 is 5.79. The lowest BCUT2D eigenvalue weighted by atomic mass is 9.96. The molecule has 1 nitrogen and oxygen atoms in total. The highest BCUT2D eigenvalue weighted by molar-refractivity contribution is 8.00. The van der Waals surface area contributed by atoms with Crippen molar-refractivity contribution < 1.29 is 4.74 Å². The zero-order valence-corrected chi connectivity index (χ0v) is 9.36. The molecule has 72 valence electrons. The molecule has 0 spiro atoms. The first kappa shape index (κ1) is 10.4. The van der Waals surface area contributed by atoms with Crippen molar-refractivity contribution in [2.75, 3.05) is 12.4 Å². The highest BCUT2D eigenvalue weighted by Gasteiger charge is 2.30. The van der Waals surface area contributed by atoms with Crippen LogP contribution in [0.3, 0.4) is 0 Å². The van der Waals surface area contributed by atoms with Crippen molar-refractivity contribution in [3.05, 3.63) is 0 Å². The molecule has 0 aromatic rings. The van der Waals surface area contributed by atoms with E-state index >= 15 is 0 Å². The molecule has 2 unspecified atom stereocenters. The first-order chi connectivity index (χ1) is 5.63. The second kappa shape index (κ2) is 4.52. The molecule has 1 rings (SSSR count). The van der Waals surface area contributed by atoms with Crippen LogP contribution in [0.1, 0.15) is 27.7 Å². The Bertz CT molecular complexity index is 118. The first-order valence-electron chi connectivity index (χ1n) is 4.86. The van der Waals surface area contributed by atoms with Crippen LogP contribution >= 0.6 is 11.8 Å². The van der Waals surface area contributed by atoms with Crippen LogP contribution in [0.5, 0.6) is 0 Å². The predicted octanol–water partition coefficient (Wildman–Crippen LogP) is 2.80. The maximum atomic E-state index is 5.79. The molecule has 1 heterocycles. The Balaban J connectivity index is 2.54. The fourth-order valence-electron chi connectivity index (χ4n) is 1.70. The Morgan fingerprint density at radius 3 is 2.25 bits per heavy atom. The largest absolute Gasteiger partial charge is 0.376 e. The summed E-state index contributed by atoms with van der Waals surface area (Å²) in [5.74, 6) is 2.57. The number of rotatable bonds is 2. The van der Waals surface area contributed by atoms with E-state index in [-0.39, 0.29) is 0 Å². The minimum Gasteiger partial charge on any atom is -0.376 e. The second-order valence-electron chi connectivity index (χ2n) is 4.16. The molecule has 0 amide bonds. The number of thioether (sulfide) groups is 1. The van der Waals surface area contributed by atoms with Crippen LogP contribution in [0.25, 0.3) is 0 Å². The van der Waals surface area contributed by atoms with Gasteiger partial charge in [0.2, 0.25) is 0 Å². The zero-order chi connectivity index (χ0) is 9.14. The van der Waals surface area contributed by atoms with Crippen LogP contribution in [0.2, 0.25) is 0 Å². The third kappa shape index (κ3) is 2.40. The predicted molar refractivity (Wildman–Crippen MR) is 55.7 cm³/mol. The van der Waals surface area contributed by atoms with E-state index in [4.69, 9.17) is 4.74 Å². The monoisotopic (exact) mass is 188 g/mol. The summed E-state index contributed by atoms with van der Waals surface area (Å²) in [5.41, 5.74) is 0. The van der Waals surface area contributed by atoms with E-state index in [1.165, 1.54) is 5.75 Å². The average molecular weight is 188 g/mol. The van der Waals surface area contributed by atoms with Gasteiger partial charge in [-0.15, -0.1) is 0 Å². The van der Waals surface area contributed by atoms with E-state index in [9.17, 15) is 0 Å². The van der Waals surface area contributed by atoms with Crippen molar-refractivity contribution in [1.29, 1.82) is 0 Å². The van der Waals surface area contributed by atoms with Crippen LogP contribution in [0.4, 0.5) is 0 Å². The molecule has 1 fully saturated rings. The lowest BCUT2D eigenvalue weighted by Crippen LogP contribution is -2.39. The second-order valence-corrected chi connectivity index (χ2v) is 5.44. The third-order valence-electron chi connectivity index (χ3n) is 2.34. The van der Waals surface area contributed by atoms with Gasteiger partial charge < -0.3 is 4.74 Å². The van der Waals surface area contributed by atoms with Gasteiger partial charge in [-0.25, -0.2) is 0 Å². The summed E-state index contributed by atoms with van der Waals surface area (Å²) in [4.78, 5) is 0. The van der Waals surface area contributed by atoms with Crippen molar-refractivity contribution >= 4 is 11.8 Å². The van der Waals surface area contributed by atoms with Gasteiger partial charge in [-0.3, -0.25) is 0 Å². The van der Waals surface area contributed by atoms with Crippen molar-refractivity contribution in [3.63, 3.8) is 0 Å². The smallest absolute Gasteiger partial charge is 0.0719 e. The average Bonchev–Trinajstić information content (AvgIpc) is 2.04. The highest BCUT2D eigenvalue weighted by Crippen LogP contribution is 2.32. The van der Waals surface area contributed by atoms with E-state index in [1.807, 2.05) is 0 Å². The van der Waals surface area contributed by atoms with Crippen LogP contribution in [0.15, 0.2) is 0 Å². The molecular formula is C10H20OS. The summed E-state index contributed by atoms with van der Waals surface area (Å²) >= 11 is 2.08. The van der Waals surface area contributed by atoms with E-state index < -0.39 is 0 Å². The van der Waals surface area contributed by atoms with Gasteiger partial charge in [-0.2, -0.15) is 11.8 Å². The van der Waals surface area contributed by atoms with Crippen LogP contribution in [-0.2, 0) is 4.74 Å². The maximum Gasteiger partial charge on any atom is 0.0719 e. The highest BCUT2D eigenvalue weighted by atomic mass is 32.2.